The molecule has 5 nitrogen and oxygen atoms in total. The van der Waals surface area contributed by atoms with Crippen molar-refractivity contribution in [3.63, 3.8) is 0 Å². The number of phenols is 1. The highest BCUT2D eigenvalue weighted by Gasteiger charge is 2.27. The first kappa shape index (κ1) is 17.5. The van der Waals surface area contributed by atoms with Crippen molar-refractivity contribution in [2.75, 3.05) is 12.0 Å². The molecule has 1 amide bonds. The highest BCUT2D eigenvalue weighted by Crippen LogP contribution is 2.20. The second kappa shape index (κ2) is 8.15. The quantitative estimate of drug-likeness (QED) is 0.829. The Kier molecular flexibility index (Phi) is 5.95. The number of para-hydroxylation sites is 1. The van der Waals surface area contributed by atoms with Crippen molar-refractivity contribution in [1.29, 1.82) is 0 Å². The van der Waals surface area contributed by atoms with E-state index in [1.165, 1.54) is 12.0 Å². The molecule has 1 atom stereocenters. The Hall–Kier alpha value is -2.82. The number of phenolic OH excluding ortho intramolecular Hbond substituents is 1. The summed E-state index contributed by atoms with van der Waals surface area (Å²) in [5.41, 5.74) is 1.60. The van der Waals surface area contributed by atoms with Gasteiger partial charge in [0.15, 0.2) is 0 Å². The fraction of sp³-hybridized carbons (Fsp3) is 0.263. The lowest BCUT2D eigenvalue weighted by Gasteiger charge is -2.27. The van der Waals surface area contributed by atoms with Crippen LogP contribution in [0.4, 0.5) is 5.69 Å². The molecule has 0 aliphatic carbocycles. The maximum Gasteiger partial charge on any atom is 0.328 e. The number of carbonyl (C=O) groups is 2. The summed E-state index contributed by atoms with van der Waals surface area (Å²) >= 11 is 0. The van der Waals surface area contributed by atoms with Gasteiger partial charge in [-0.1, -0.05) is 30.3 Å². The second-order valence-corrected chi connectivity index (χ2v) is 5.46. The third-order valence-electron chi connectivity index (χ3n) is 3.80. The molecule has 0 radical (unpaired) electrons. The highest BCUT2D eigenvalue weighted by molar-refractivity contribution is 5.99. The number of rotatable bonds is 6. The van der Waals surface area contributed by atoms with Gasteiger partial charge in [-0.15, -0.1) is 0 Å². The number of nitrogens with zero attached hydrogens (tertiary/aromatic N) is 1. The van der Waals surface area contributed by atoms with Gasteiger partial charge < -0.3 is 9.84 Å². The van der Waals surface area contributed by atoms with E-state index in [0.717, 1.165) is 5.56 Å². The van der Waals surface area contributed by atoms with Gasteiger partial charge in [0, 0.05) is 12.1 Å². The van der Waals surface area contributed by atoms with Crippen LogP contribution in [0.3, 0.4) is 0 Å². The molecule has 1 N–H and O–H groups in total. The van der Waals surface area contributed by atoms with E-state index in [-0.39, 0.29) is 18.1 Å². The minimum Gasteiger partial charge on any atom is -0.508 e. The molecule has 0 saturated heterocycles. The summed E-state index contributed by atoms with van der Waals surface area (Å²) < 4.78 is 4.78. The Labute approximate surface area is 141 Å². The first-order valence-corrected chi connectivity index (χ1v) is 7.75. The monoisotopic (exact) mass is 327 g/mol. The molecular formula is C19H21NO4. The Morgan fingerprint density at radius 2 is 1.71 bits per heavy atom. The fourth-order valence-corrected chi connectivity index (χ4v) is 2.48. The minimum absolute atomic E-state index is 0.160. The molecule has 0 aliphatic rings. The third kappa shape index (κ3) is 4.35. The molecule has 0 heterocycles. The Morgan fingerprint density at radius 3 is 2.29 bits per heavy atom. The van der Waals surface area contributed by atoms with Crippen LogP contribution >= 0.6 is 0 Å². The molecule has 0 fully saturated rings. The molecule has 24 heavy (non-hydrogen) atoms. The third-order valence-corrected chi connectivity index (χ3v) is 3.80. The van der Waals surface area contributed by atoms with E-state index in [4.69, 9.17) is 4.74 Å². The van der Waals surface area contributed by atoms with Crippen molar-refractivity contribution in [2.24, 2.45) is 0 Å². The Morgan fingerprint density at radius 1 is 1.08 bits per heavy atom. The SMILES string of the molecule is COC(=O)C(C)N(C(=O)CCc1ccc(O)cc1)c1ccccc1. The van der Waals surface area contributed by atoms with Gasteiger partial charge >= 0.3 is 5.97 Å². The van der Waals surface area contributed by atoms with Gasteiger partial charge in [-0.05, 0) is 43.2 Å². The van der Waals surface area contributed by atoms with E-state index in [0.29, 0.717) is 12.1 Å². The minimum atomic E-state index is -0.704. The summed E-state index contributed by atoms with van der Waals surface area (Å²) in [5.74, 6) is -0.431. The smallest absolute Gasteiger partial charge is 0.328 e. The molecule has 0 spiro atoms. The van der Waals surface area contributed by atoms with E-state index < -0.39 is 12.0 Å². The summed E-state index contributed by atoms with van der Waals surface area (Å²) in [6, 6.07) is 15.1. The molecule has 0 saturated carbocycles. The van der Waals surface area contributed by atoms with Crippen molar-refractivity contribution < 1.29 is 19.4 Å². The normalized spacial score (nSPS) is 11.6. The lowest BCUT2D eigenvalue weighted by Crippen LogP contribution is -2.44. The number of aromatic hydroxyl groups is 1. The van der Waals surface area contributed by atoms with Crippen LogP contribution in [0.1, 0.15) is 18.9 Å². The summed E-state index contributed by atoms with van der Waals surface area (Å²) in [5, 5.41) is 9.31. The van der Waals surface area contributed by atoms with Crippen LogP contribution in [0.5, 0.6) is 5.75 Å². The lowest BCUT2D eigenvalue weighted by molar-refractivity contribution is -0.143. The van der Waals surface area contributed by atoms with Gasteiger partial charge in [0.1, 0.15) is 11.8 Å². The van der Waals surface area contributed by atoms with E-state index >= 15 is 0 Å². The predicted molar refractivity (Wildman–Crippen MR) is 91.8 cm³/mol. The maximum atomic E-state index is 12.7. The van der Waals surface area contributed by atoms with Crippen molar-refractivity contribution in [3.05, 3.63) is 60.2 Å². The van der Waals surface area contributed by atoms with E-state index in [9.17, 15) is 14.7 Å². The molecule has 5 heteroatoms. The number of aryl methyl sites for hydroxylation is 1. The van der Waals surface area contributed by atoms with Gasteiger partial charge in [-0.25, -0.2) is 4.79 Å². The topological polar surface area (TPSA) is 66.8 Å². The number of anilines is 1. The van der Waals surface area contributed by atoms with E-state index in [1.54, 1.807) is 43.3 Å². The van der Waals surface area contributed by atoms with Crippen LogP contribution in [0.15, 0.2) is 54.6 Å². The van der Waals surface area contributed by atoms with Crippen LogP contribution < -0.4 is 4.90 Å². The van der Waals surface area contributed by atoms with E-state index in [2.05, 4.69) is 0 Å². The molecular weight excluding hydrogens is 306 g/mol. The van der Waals surface area contributed by atoms with Crippen molar-refractivity contribution in [2.45, 2.75) is 25.8 Å². The first-order chi connectivity index (χ1) is 11.5. The van der Waals surface area contributed by atoms with Gasteiger partial charge in [-0.3, -0.25) is 9.69 Å². The van der Waals surface area contributed by atoms with Crippen LogP contribution in [0, 0.1) is 0 Å². The molecule has 126 valence electrons. The number of carbonyl (C=O) groups excluding carboxylic acids is 2. The number of amides is 1. The highest BCUT2D eigenvalue weighted by atomic mass is 16.5. The zero-order valence-electron chi connectivity index (χ0n) is 13.8. The summed E-state index contributed by atoms with van der Waals surface area (Å²) in [6.07, 6.45) is 0.775. The largest absolute Gasteiger partial charge is 0.508 e. The maximum absolute atomic E-state index is 12.7. The molecule has 0 bridgehead atoms. The summed E-state index contributed by atoms with van der Waals surface area (Å²) in [7, 11) is 1.31. The standard InChI is InChI=1S/C19H21NO4/c1-14(19(23)24-2)20(16-6-4-3-5-7-16)18(22)13-10-15-8-11-17(21)12-9-15/h3-9,11-12,14,21H,10,13H2,1-2H3. The summed E-state index contributed by atoms with van der Waals surface area (Å²) in [4.78, 5) is 26.1. The molecule has 2 rings (SSSR count). The first-order valence-electron chi connectivity index (χ1n) is 7.75. The lowest BCUT2D eigenvalue weighted by atomic mass is 10.1. The predicted octanol–water partition coefficient (Wildman–Crippen LogP) is 2.92. The average molecular weight is 327 g/mol. The van der Waals surface area contributed by atoms with Crippen molar-refractivity contribution in [3.8, 4) is 5.75 Å². The second-order valence-electron chi connectivity index (χ2n) is 5.46. The zero-order valence-corrected chi connectivity index (χ0v) is 13.8. The fourth-order valence-electron chi connectivity index (χ4n) is 2.48. The molecule has 0 aromatic heterocycles. The number of esters is 1. The van der Waals surface area contributed by atoms with Crippen LogP contribution in [0.25, 0.3) is 0 Å². The number of hydrogen-bond donors (Lipinski definition) is 1. The van der Waals surface area contributed by atoms with Crippen LogP contribution in [0.2, 0.25) is 0 Å². The van der Waals surface area contributed by atoms with Gasteiger partial charge in [0.05, 0.1) is 7.11 Å². The average Bonchev–Trinajstić information content (AvgIpc) is 2.61. The van der Waals surface area contributed by atoms with Crippen LogP contribution in [-0.4, -0.2) is 30.1 Å². The number of hydrogen-bond acceptors (Lipinski definition) is 4. The van der Waals surface area contributed by atoms with E-state index in [1.807, 2.05) is 18.2 Å². The van der Waals surface area contributed by atoms with Gasteiger partial charge in [0.2, 0.25) is 5.91 Å². The molecule has 2 aromatic carbocycles. The Bertz CT molecular complexity index is 682. The van der Waals surface area contributed by atoms with Crippen LogP contribution in [-0.2, 0) is 20.7 Å². The van der Waals surface area contributed by atoms with Crippen molar-refractivity contribution >= 4 is 17.6 Å². The van der Waals surface area contributed by atoms with Gasteiger partial charge in [-0.2, -0.15) is 0 Å². The number of ether oxygens (including phenoxy) is 1. The van der Waals surface area contributed by atoms with Gasteiger partial charge in [0.25, 0.3) is 0 Å². The number of methoxy groups -OCH3 is 1. The molecule has 0 aliphatic heterocycles. The Balaban J connectivity index is 2.15. The van der Waals surface area contributed by atoms with Crippen molar-refractivity contribution in [1.82, 2.24) is 0 Å². The summed E-state index contributed by atoms with van der Waals surface area (Å²) in [6.45, 7) is 1.65. The zero-order chi connectivity index (χ0) is 17.5. The number of benzene rings is 2. The molecule has 1 unspecified atom stereocenters. The molecule has 2 aromatic rings.